The second-order valence-electron chi connectivity index (χ2n) is 4.68. The Hall–Kier alpha value is -2.21. The highest BCUT2D eigenvalue weighted by Crippen LogP contribution is 2.11. The molecule has 0 radical (unpaired) electrons. The lowest BCUT2D eigenvalue weighted by Gasteiger charge is -2.32. The number of ether oxygens (including phenoxy) is 1. The van der Waals surface area contributed by atoms with Gasteiger partial charge < -0.3 is 14.7 Å². The third-order valence-electron chi connectivity index (χ3n) is 3.19. The van der Waals surface area contributed by atoms with Crippen molar-refractivity contribution in [1.82, 2.24) is 4.90 Å². The number of carbonyl (C=O) groups excluding carboxylic acids is 1. The number of rotatable bonds is 4. The second-order valence-corrected chi connectivity index (χ2v) is 4.68. The molecule has 0 aromatic heterocycles. The largest absolute Gasteiger partial charge is 0.480 e. The van der Waals surface area contributed by atoms with Gasteiger partial charge in [0.1, 0.15) is 5.82 Å². The first-order valence-electron chi connectivity index (χ1n) is 6.60. The number of hydrogen-bond acceptors (Lipinski definition) is 3. The van der Waals surface area contributed by atoms with Gasteiger partial charge >= 0.3 is 5.97 Å². The molecule has 1 atom stereocenters. The summed E-state index contributed by atoms with van der Waals surface area (Å²) in [5.41, 5.74) is 0.652. The fourth-order valence-corrected chi connectivity index (χ4v) is 2.13. The average molecular weight is 293 g/mol. The zero-order valence-corrected chi connectivity index (χ0v) is 11.4. The number of aliphatic carboxylic acids is 1. The number of hydrogen-bond donors (Lipinski definition) is 1. The van der Waals surface area contributed by atoms with Crippen LogP contribution in [0.1, 0.15) is 12.0 Å². The SMILES string of the molecule is O=C(O)C1COCCN1C(=O)C/C=C/c1cccc(F)c1. The summed E-state index contributed by atoms with van der Waals surface area (Å²) in [6.07, 6.45) is 3.31. The molecule has 5 nitrogen and oxygen atoms in total. The number of halogens is 1. The molecule has 1 fully saturated rings. The van der Waals surface area contributed by atoms with E-state index < -0.39 is 12.0 Å². The Balaban J connectivity index is 1.95. The van der Waals surface area contributed by atoms with E-state index in [0.717, 1.165) is 0 Å². The minimum absolute atomic E-state index is 0.00862. The maximum atomic E-state index is 13.0. The van der Waals surface area contributed by atoms with Crippen LogP contribution in [0.4, 0.5) is 4.39 Å². The topological polar surface area (TPSA) is 66.8 Å². The molecule has 0 bridgehead atoms. The summed E-state index contributed by atoms with van der Waals surface area (Å²) in [6, 6.07) is 5.07. The van der Waals surface area contributed by atoms with E-state index in [0.29, 0.717) is 12.2 Å². The average Bonchev–Trinajstić information content (AvgIpc) is 2.47. The lowest BCUT2D eigenvalue weighted by atomic mass is 10.1. The van der Waals surface area contributed by atoms with Gasteiger partial charge in [0.2, 0.25) is 5.91 Å². The number of benzene rings is 1. The number of nitrogens with zero attached hydrogens (tertiary/aromatic N) is 1. The van der Waals surface area contributed by atoms with Crippen LogP contribution in [-0.4, -0.2) is 47.7 Å². The molecule has 1 amide bonds. The van der Waals surface area contributed by atoms with Gasteiger partial charge in [0, 0.05) is 13.0 Å². The van der Waals surface area contributed by atoms with Crippen molar-refractivity contribution in [2.24, 2.45) is 0 Å². The van der Waals surface area contributed by atoms with Crippen LogP contribution in [0, 0.1) is 5.82 Å². The van der Waals surface area contributed by atoms with Gasteiger partial charge in [-0.3, -0.25) is 4.79 Å². The van der Waals surface area contributed by atoms with Gasteiger partial charge in [-0.1, -0.05) is 24.3 Å². The predicted octanol–water partition coefficient (Wildman–Crippen LogP) is 1.54. The lowest BCUT2D eigenvalue weighted by Crippen LogP contribution is -2.52. The summed E-state index contributed by atoms with van der Waals surface area (Å²) in [5, 5.41) is 9.06. The van der Waals surface area contributed by atoms with Gasteiger partial charge in [0.15, 0.2) is 6.04 Å². The van der Waals surface area contributed by atoms with Crippen molar-refractivity contribution in [2.45, 2.75) is 12.5 Å². The molecule has 112 valence electrons. The molecule has 1 aromatic rings. The predicted molar refractivity (Wildman–Crippen MR) is 74.0 cm³/mol. The van der Waals surface area contributed by atoms with Crippen LogP contribution in [0.2, 0.25) is 0 Å². The zero-order chi connectivity index (χ0) is 15.2. The summed E-state index contributed by atoms with van der Waals surface area (Å²) >= 11 is 0. The van der Waals surface area contributed by atoms with E-state index in [9.17, 15) is 14.0 Å². The van der Waals surface area contributed by atoms with Gasteiger partial charge in [-0.05, 0) is 17.7 Å². The fraction of sp³-hybridized carbons (Fsp3) is 0.333. The summed E-state index contributed by atoms with van der Waals surface area (Å²) in [7, 11) is 0. The molecule has 6 heteroatoms. The number of carbonyl (C=O) groups is 2. The van der Waals surface area contributed by atoms with E-state index in [1.807, 2.05) is 0 Å². The third kappa shape index (κ3) is 4.13. The van der Waals surface area contributed by atoms with Crippen molar-refractivity contribution in [3.8, 4) is 0 Å². The first-order valence-corrected chi connectivity index (χ1v) is 6.60. The number of amides is 1. The van der Waals surface area contributed by atoms with Gasteiger partial charge in [-0.25, -0.2) is 9.18 Å². The van der Waals surface area contributed by atoms with E-state index in [1.165, 1.54) is 17.0 Å². The zero-order valence-electron chi connectivity index (χ0n) is 11.4. The van der Waals surface area contributed by atoms with Crippen LogP contribution in [0.5, 0.6) is 0 Å². The molecule has 0 spiro atoms. The Labute approximate surface area is 121 Å². The summed E-state index contributed by atoms with van der Waals surface area (Å²) in [4.78, 5) is 24.4. The lowest BCUT2D eigenvalue weighted by molar-refractivity contribution is -0.157. The Morgan fingerprint density at radius 1 is 1.48 bits per heavy atom. The van der Waals surface area contributed by atoms with Crippen molar-refractivity contribution in [1.29, 1.82) is 0 Å². The van der Waals surface area contributed by atoms with E-state index >= 15 is 0 Å². The maximum absolute atomic E-state index is 13.0. The number of morpholine rings is 1. The molecule has 21 heavy (non-hydrogen) atoms. The second kappa shape index (κ2) is 6.99. The summed E-state index contributed by atoms with van der Waals surface area (Å²) in [6.45, 7) is 0.613. The highest BCUT2D eigenvalue weighted by Gasteiger charge is 2.31. The standard InChI is InChI=1S/C15H16FNO4/c16-12-5-1-3-11(9-12)4-2-6-14(18)17-7-8-21-10-13(17)15(19)20/h1-5,9,13H,6-8,10H2,(H,19,20)/b4-2+. The Morgan fingerprint density at radius 2 is 2.29 bits per heavy atom. The molecule has 2 rings (SSSR count). The molecule has 1 unspecified atom stereocenters. The monoisotopic (exact) mass is 293 g/mol. The molecular formula is C15H16FNO4. The minimum atomic E-state index is -1.07. The molecule has 1 aliphatic rings. The van der Waals surface area contributed by atoms with Gasteiger partial charge in [0.25, 0.3) is 0 Å². The van der Waals surface area contributed by atoms with Crippen molar-refractivity contribution in [2.75, 3.05) is 19.8 Å². The first-order chi connectivity index (χ1) is 10.1. The Morgan fingerprint density at radius 3 is 3.00 bits per heavy atom. The minimum Gasteiger partial charge on any atom is -0.480 e. The molecule has 1 saturated heterocycles. The molecule has 1 aliphatic heterocycles. The quantitative estimate of drug-likeness (QED) is 0.914. The maximum Gasteiger partial charge on any atom is 0.328 e. The number of carboxylic acids is 1. The Bertz CT molecular complexity index is 558. The van der Waals surface area contributed by atoms with Crippen LogP contribution in [0.25, 0.3) is 6.08 Å². The van der Waals surface area contributed by atoms with E-state index in [4.69, 9.17) is 9.84 Å². The van der Waals surface area contributed by atoms with Gasteiger partial charge in [-0.2, -0.15) is 0 Å². The first kappa shape index (κ1) is 15.2. The van der Waals surface area contributed by atoms with Crippen molar-refractivity contribution in [3.63, 3.8) is 0 Å². The van der Waals surface area contributed by atoms with Crippen molar-refractivity contribution >= 4 is 18.0 Å². The van der Waals surface area contributed by atoms with Crippen molar-refractivity contribution < 1.29 is 23.8 Å². The highest BCUT2D eigenvalue weighted by atomic mass is 19.1. The van der Waals surface area contributed by atoms with E-state index in [1.54, 1.807) is 24.3 Å². The molecule has 1 N–H and O–H groups in total. The fourth-order valence-electron chi connectivity index (χ4n) is 2.13. The smallest absolute Gasteiger partial charge is 0.328 e. The summed E-state index contributed by atoms with van der Waals surface area (Å²) in [5.74, 6) is -1.70. The Kier molecular flexibility index (Phi) is 5.05. The highest BCUT2D eigenvalue weighted by molar-refractivity contribution is 5.85. The van der Waals surface area contributed by atoms with Gasteiger partial charge in [0.05, 0.1) is 13.2 Å². The van der Waals surface area contributed by atoms with Crippen LogP contribution < -0.4 is 0 Å². The molecule has 0 aliphatic carbocycles. The molecule has 0 saturated carbocycles. The van der Waals surface area contributed by atoms with Crippen molar-refractivity contribution in [3.05, 3.63) is 41.7 Å². The van der Waals surface area contributed by atoms with Crippen LogP contribution in [-0.2, 0) is 14.3 Å². The number of carboxylic acid groups (broad SMARTS) is 1. The van der Waals surface area contributed by atoms with Crippen LogP contribution in [0.15, 0.2) is 30.3 Å². The van der Waals surface area contributed by atoms with E-state index in [-0.39, 0.29) is 31.3 Å². The van der Waals surface area contributed by atoms with E-state index in [2.05, 4.69) is 0 Å². The normalized spacial score (nSPS) is 18.9. The molecular weight excluding hydrogens is 277 g/mol. The molecule has 1 heterocycles. The third-order valence-corrected chi connectivity index (χ3v) is 3.19. The van der Waals surface area contributed by atoms with Gasteiger partial charge in [-0.15, -0.1) is 0 Å². The van der Waals surface area contributed by atoms with Crippen LogP contribution in [0.3, 0.4) is 0 Å². The van der Waals surface area contributed by atoms with Crippen LogP contribution >= 0.6 is 0 Å². The summed E-state index contributed by atoms with van der Waals surface area (Å²) < 4.78 is 18.1. The molecule has 1 aromatic carbocycles.